The van der Waals surface area contributed by atoms with Crippen molar-refractivity contribution in [2.45, 2.75) is 66.1 Å². The van der Waals surface area contributed by atoms with Gasteiger partial charge in [-0.15, -0.1) is 0 Å². The number of aryl methyl sites for hydroxylation is 2. The van der Waals surface area contributed by atoms with Crippen LogP contribution in [-0.4, -0.2) is 18.7 Å². The third-order valence-corrected chi connectivity index (χ3v) is 16.6. The van der Waals surface area contributed by atoms with E-state index in [1.807, 2.05) is 48.7 Å². The van der Waals surface area contributed by atoms with Crippen molar-refractivity contribution < 1.29 is 17.5 Å². The first-order chi connectivity index (χ1) is 42.2. The average molecular weight is 1070 g/mol. The van der Waals surface area contributed by atoms with Gasteiger partial charge < -0.3 is 9.30 Å². The first-order valence-electron chi connectivity index (χ1n) is 31.0. The fourth-order valence-corrected chi connectivity index (χ4v) is 12.6. The SMILES string of the molecule is [2H]C([2H])([2H])c1cccc(C([2H])([2H])[2H])c1-c1cc(C(C)(C)C)cc2c1-[n+]1[c-]n(-c3cccc(Oc4ccc5c6ccccc6n(-c6cc(C(C)(C)C)ccn6)c5c4)c3)c3cc(-n4c5ccccc5c5ccccc54)cc(c31)-c1ccccc1-c1ccccc1-2. The molecule has 0 N–H and O–H groups in total. The van der Waals surface area contributed by atoms with E-state index < -0.39 is 19.1 Å². The third kappa shape index (κ3) is 7.76. The molecule has 0 aliphatic carbocycles. The van der Waals surface area contributed by atoms with E-state index in [1.54, 1.807) is 18.2 Å². The zero-order valence-corrected chi connectivity index (χ0v) is 46.5. The molecule has 6 nitrogen and oxygen atoms in total. The monoisotopic (exact) mass is 1070 g/mol. The summed E-state index contributed by atoms with van der Waals surface area (Å²) in [4.78, 5) is 4.94. The average Bonchev–Trinajstić information content (AvgIpc) is 1.49. The van der Waals surface area contributed by atoms with Crippen LogP contribution in [0.15, 0.2) is 225 Å². The number of imidazole rings is 1. The highest BCUT2D eigenvalue weighted by molar-refractivity contribution is 6.11. The highest BCUT2D eigenvalue weighted by Gasteiger charge is 2.31. The van der Waals surface area contributed by atoms with Crippen LogP contribution in [0.1, 0.15) is 72.0 Å². The van der Waals surface area contributed by atoms with Crippen molar-refractivity contribution in [2.75, 3.05) is 0 Å². The van der Waals surface area contributed by atoms with Gasteiger partial charge in [0.15, 0.2) is 0 Å². The molecule has 1 aliphatic rings. The van der Waals surface area contributed by atoms with Gasteiger partial charge in [-0.1, -0.05) is 181 Å². The molecule has 0 spiro atoms. The zero-order chi connectivity index (χ0) is 60.8. The van der Waals surface area contributed by atoms with Gasteiger partial charge in [-0.2, -0.15) is 0 Å². The highest BCUT2D eigenvalue weighted by atomic mass is 16.5. The number of hydrogen-bond acceptors (Lipinski definition) is 2. The van der Waals surface area contributed by atoms with Crippen molar-refractivity contribution >= 4 is 54.6 Å². The lowest BCUT2D eigenvalue weighted by Gasteiger charge is -2.27. The van der Waals surface area contributed by atoms with Crippen molar-refractivity contribution in [3.05, 3.63) is 253 Å². The predicted octanol–water partition coefficient (Wildman–Crippen LogP) is 19.3. The first-order valence-corrected chi connectivity index (χ1v) is 28.0. The topological polar surface area (TPSA) is 40.8 Å². The van der Waals surface area contributed by atoms with Crippen LogP contribution in [0.25, 0.3) is 122 Å². The number of nitrogens with zero attached hydrogens (tertiary/aromatic N) is 5. The van der Waals surface area contributed by atoms with Crippen LogP contribution >= 0.6 is 0 Å². The van der Waals surface area contributed by atoms with Gasteiger partial charge in [0.25, 0.3) is 6.33 Å². The maximum absolute atomic E-state index is 9.11. The van der Waals surface area contributed by atoms with E-state index in [9.17, 15) is 0 Å². The molecule has 10 aromatic carbocycles. The van der Waals surface area contributed by atoms with Crippen LogP contribution < -0.4 is 9.30 Å². The molecule has 396 valence electrons. The van der Waals surface area contributed by atoms with Crippen LogP contribution in [0.2, 0.25) is 0 Å². The second-order valence-corrected chi connectivity index (χ2v) is 23.8. The van der Waals surface area contributed by atoms with Gasteiger partial charge in [0, 0.05) is 47.7 Å². The molecule has 0 saturated heterocycles. The molecule has 0 bridgehead atoms. The standard InChI is InChI=1S/C76H61N5O/c1-47-21-19-22-48(2)72(47)65-40-50(76(6,7)8)39-63-57-27-11-9-25-55(57)56-26-10-12-28-58(56)64-43-52(80-66-32-16-13-29-59(66)60-30-14-17-33-67(60)80)44-70-74(64)79(73(63)65)46-78(70)51-23-20-24-53(42-51)82-54-35-36-62-61-31-15-18-34-68(61)81(69(62)45-54)71-41-49(37-38-77-71)75(3,4)5/h9-45H,1-8H3/i1D3,2D3. The number of aromatic nitrogens is 5. The van der Waals surface area contributed by atoms with Crippen molar-refractivity contribution in [3.8, 4) is 78.9 Å². The maximum Gasteiger partial charge on any atom is 0.269 e. The molecular weight excluding hydrogens is 999 g/mol. The number of hydrogen-bond donors (Lipinski definition) is 0. The predicted molar refractivity (Wildman–Crippen MR) is 339 cm³/mol. The Kier molecular flexibility index (Phi) is 9.66. The molecule has 1 aliphatic heterocycles. The molecule has 0 radical (unpaired) electrons. The Morgan fingerprint density at radius 1 is 0.427 bits per heavy atom. The fourth-order valence-electron chi connectivity index (χ4n) is 12.6. The molecule has 15 rings (SSSR count). The van der Waals surface area contributed by atoms with Gasteiger partial charge in [0.1, 0.15) is 17.3 Å². The van der Waals surface area contributed by atoms with E-state index in [0.29, 0.717) is 22.7 Å². The van der Waals surface area contributed by atoms with Crippen LogP contribution in [-0.2, 0) is 10.8 Å². The number of ether oxygens (including phenoxy) is 1. The minimum Gasteiger partial charge on any atom is -0.458 e. The number of fused-ring (bicyclic) bond motifs is 13. The lowest BCUT2D eigenvalue weighted by Crippen LogP contribution is -2.32. The molecule has 5 heterocycles. The number of benzene rings is 10. The quantitative estimate of drug-likeness (QED) is 0.123. The Balaban J connectivity index is 1.04. The summed E-state index contributed by atoms with van der Waals surface area (Å²) in [6.07, 6.45) is 5.83. The van der Waals surface area contributed by atoms with Crippen molar-refractivity contribution in [2.24, 2.45) is 0 Å². The maximum atomic E-state index is 9.11. The van der Waals surface area contributed by atoms with E-state index in [0.717, 1.165) is 111 Å². The van der Waals surface area contributed by atoms with Crippen molar-refractivity contribution in [1.82, 2.24) is 18.7 Å². The van der Waals surface area contributed by atoms with E-state index in [1.165, 1.54) is 5.56 Å². The number of rotatable bonds is 6. The number of para-hydroxylation sites is 3. The molecule has 0 saturated carbocycles. The van der Waals surface area contributed by atoms with Crippen LogP contribution in [0, 0.1) is 20.0 Å². The molecule has 82 heavy (non-hydrogen) atoms. The molecule has 14 aromatic rings. The third-order valence-electron chi connectivity index (χ3n) is 16.6. The first kappa shape index (κ1) is 43.1. The van der Waals surface area contributed by atoms with Crippen LogP contribution in [0.3, 0.4) is 0 Å². The molecule has 0 unspecified atom stereocenters. The molecule has 6 heteroatoms. The van der Waals surface area contributed by atoms with E-state index >= 15 is 0 Å². The molecule has 0 amide bonds. The summed E-state index contributed by atoms with van der Waals surface area (Å²) in [5, 5.41) is 4.42. The van der Waals surface area contributed by atoms with E-state index in [2.05, 4.69) is 224 Å². The van der Waals surface area contributed by atoms with Crippen molar-refractivity contribution in [3.63, 3.8) is 0 Å². The van der Waals surface area contributed by atoms with Gasteiger partial charge in [-0.25, -0.2) is 4.98 Å². The van der Waals surface area contributed by atoms with E-state index in [4.69, 9.17) is 17.9 Å². The van der Waals surface area contributed by atoms with Gasteiger partial charge in [-0.05, 0) is 164 Å². The Morgan fingerprint density at radius 2 is 0.976 bits per heavy atom. The van der Waals surface area contributed by atoms with Gasteiger partial charge in [0.05, 0.1) is 44.5 Å². The molecule has 0 atom stereocenters. The van der Waals surface area contributed by atoms with Gasteiger partial charge in [0.2, 0.25) is 0 Å². The summed E-state index contributed by atoms with van der Waals surface area (Å²) in [5.74, 6) is 2.04. The summed E-state index contributed by atoms with van der Waals surface area (Å²) in [6, 6.07) is 74.1. The zero-order valence-electron chi connectivity index (χ0n) is 52.5. The number of pyridine rings is 1. The van der Waals surface area contributed by atoms with Crippen molar-refractivity contribution in [1.29, 1.82) is 0 Å². The highest BCUT2D eigenvalue weighted by Crippen LogP contribution is 2.49. The lowest BCUT2D eigenvalue weighted by molar-refractivity contribution is -0.570. The van der Waals surface area contributed by atoms with Gasteiger partial charge in [-0.3, -0.25) is 13.7 Å². The normalized spacial score (nSPS) is 13.8. The summed E-state index contributed by atoms with van der Waals surface area (Å²) in [6.45, 7) is 7.63. The second-order valence-electron chi connectivity index (χ2n) is 23.8. The molecule has 4 aromatic heterocycles. The Bertz CT molecular complexity index is 5110. The van der Waals surface area contributed by atoms with E-state index in [-0.39, 0.29) is 22.1 Å². The van der Waals surface area contributed by atoms with Crippen LogP contribution in [0.4, 0.5) is 0 Å². The fraction of sp³-hybridized carbons (Fsp3) is 0.132. The molecule has 0 fully saturated rings. The van der Waals surface area contributed by atoms with Crippen LogP contribution in [0.5, 0.6) is 11.5 Å². The summed E-state index contributed by atoms with van der Waals surface area (Å²) in [7, 11) is 0. The smallest absolute Gasteiger partial charge is 0.269 e. The Morgan fingerprint density at radius 3 is 1.61 bits per heavy atom. The Hall–Kier alpha value is -9.78. The summed E-state index contributed by atoms with van der Waals surface area (Å²) >= 11 is 0. The molecular formula is C76H61N5O. The minimum absolute atomic E-state index is 0.0536. The lowest BCUT2D eigenvalue weighted by atomic mass is 9.80. The largest absolute Gasteiger partial charge is 0.458 e. The van der Waals surface area contributed by atoms with Gasteiger partial charge >= 0.3 is 0 Å². The Labute approximate surface area is 486 Å². The minimum atomic E-state index is -2.70. The second kappa shape index (κ2) is 18.4. The summed E-state index contributed by atoms with van der Waals surface area (Å²) in [5.41, 5.74) is 15.3. The summed E-state index contributed by atoms with van der Waals surface area (Å²) < 4.78 is 70.4.